The Morgan fingerprint density at radius 3 is 2.59 bits per heavy atom. The molecule has 29 heavy (non-hydrogen) atoms. The van der Waals surface area contributed by atoms with Crippen LogP contribution >= 0.6 is 0 Å². The van der Waals surface area contributed by atoms with E-state index in [2.05, 4.69) is 10.3 Å². The number of fused-ring (bicyclic) bond motifs is 1. The van der Waals surface area contributed by atoms with Gasteiger partial charge >= 0.3 is 5.97 Å². The molecule has 1 amide bonds. The Morgan fingerprint density at radius 2 is 2.00 bits per heavy atom. The highest BCUT2D eigenvalue weighted by Crippen LogP contribution is 2.37. The number of carboxylic acid groups (broad SMARTS) is 1. The van der Waals surface area contributed by atoms with Crippen molar-refractivity contribution in [2.24, 2.45) is 0 Å². The Morgan fingerprint density at radius 1 is 1.31 bits per heavy atom. The van der Waals surface area contributed by atoms with Crippen LogP contribution in [0.4, 0.5) is 5.69 Å². The number of aromatic nitrogens is 1. The van der Waals surface area contributed by atoms with Gasteiger partial charge in [-0.25, -0.2) is 4.79 Å². The molecule has 4 N–H and O–H groups in total. The Bertz CT molecular complexity index is 924. The van der Waals surface area contributed by atoms with Gasteiger partial charge in [0.15, 0.2) is 0 Å². The molecule has 0 radical (unpaired) electrons. The molecule has 0 saturated carbocycles. The van der Waals surface area contributed by atoms with E-state index in [1.165, 1.54) is 0 Å². The van der Waals surface area contributed by atoms with Crippen LogP contribution in [-0.2, 0) is 16.0 Å². The fourth-order valence-corrected chi connectivity index (χ4v) is 3.16. The van der Waals surface area contributed by atoms with Crippen molar-refractivity contribution in [1.29, 1.82) is 0 Å². The number of benzene rings is 1. The van der Waals surface area contributed by atoms with Crippen LogP contribution < -0.4 is 15.8 Å². The standard InChI is InChI=1S/C21H29N3O5/c1-6-13-7-8-14-17(18(22)16(20(26)27)12(2)23-14)19(13)29-11-21(3,4)24-15(25)9-10-28-5/h7-8H,6,9-11H2,1-5H3,(H2,22,23)(H,24,25)(H,26,27). The number of amides is 1. The van der Waals surface area contributed by atoms with Gasteiger partial charge in [0.1, 0.15) is 17.9 Å². The number of carbonyl (C=O) groups is 2. The van der Waals surface area contributed by atoms with E-state index in [1.807, 2.05) is 32.9 Å². The number of hydrogen-bond acceptors (Lipinski definition) is 6. The first-order valence-electron chi connectivity index (χ1n) is 9.49. The van der Waals surface area contributed by atoms with E-state index in [-0.39, 0.29) is 30.2 Å². The van der Waals surface area contributed by atoms with Gasteiger partial charge in [-0.1, -0.05) is 13.0 Å². The highest BCUT2D eigenvalue weighted by Gasteiger charge is 2.25. The van der Waals surface area contributed by atoms with Gasteiger partial charge in [0, 0.05) is 13.5 Å². The molecule has 2 aromatic rings. The van der Waals surface area contributed by atoms with E-state index in [0.29, 0.717) is 35.4 Å². The van der Waals surface area contributed by atoms with Crippen molar-refractivity contribution in [2.75, 3.05) is 26.1 Å². The van der Waals surface area contributed by atoms with Gasteiger partial charge in [-0.15, -0.1) is 0 Å². The maximum absolute atomic E-state index is 12.0. The number of rotatable bonds is 9. The normalized spacial score (nSPS) is 11.5. The van der Waals surface area contributed by atoms with Crippen molar-refractivity contribution in [2.45, 2.75) is 46.1 Å². The molecule has 1 aromatic carbocycles. The monoisotopic (exact) mass is 403 g/mol. The molecular formula is C21H29N3O5. The Balaban J connectivity index is 2.42. The van der Waals surface area contributed by atoms with Gasteiger partial charge in [0.25, 0.3) is 0 Å². The van der Waals surface area contributed by atoms with Crippen LogP contribution in [0.25, 0.3) is 10.9 Å². The number of aromatic carboxylic acids is 1. The Hall–Kier alpha value is -2.87. The Kier molecular flexibility index (Phi) is 7.02. The van der Waals surface area contributed by atoms with E-state index >= 15 is 0 Å². The molecule has 0 aliphatic heterocycles. The van der Waals surface area contributed by atoms with Crippen LogP contribution in [0, 0.1) is 6.92 Å². The molecule has 1 heterocycles. The van der Waals surface area contributed by atoms with Gasteiger partial charge in [0.05, 0.1) is 34.4 Å². The van der Waals surface area contributed by atoms with Crippen molar-refractivity contribution < 1.29 is 24.2 Å². The average molecular weight is 403 g/mol. The molecule has 0 aliphatic rings. The van der Waals surface area contributed by atoms with Crippen LogP contribution in [0.2, 0.25) is 0 Å². The summed E-state index contributed by atoms with van der Waals surface area (Å²) < 4.78 is 11.0. The quantitative estimate of drug-likeness (QED) is 0.588. The van der Waals surface area contributed by atoms with Crippen molar-refractivity contribution >= 4 is 28.5 Å². The minimum absolute atomic E-state index is 0.0252. The number of aryl methyl sites for hydroxylation is 2. The molecule has 8 nitrogen and oxygen atoms in total. The molecule has 8 heteroatoms. The third-order valence-electron chi connectivity index (χ3n) is 4.59. The number of ether oxygens (including phenoxy) is 2. The smallest absolute Gasteiger partial charge is 0.339 e. The number of nitrogens with zero attached hydrogens (tertiary/aromatic N) is 1. The number of anilines is 1. The summed E-state index contributed by atoms with van der Waals surface area (Å²) in [6.45, 7) is 7.80. The second-order valence-corrected chi connectivity index (χ2v) is 7.56. The summed E-state index contributed by atoms with van der Waals surface area (Å²) in [7, 11) is 1.54. The molecule has 0 aliphatic carbocycles. The largest absolute Gasteiger partial charge is 0.490 e. The molecule has 2 rings (SSSR count). The first-order chi connectivity index (χ1) is 13.6. The third-order valence-corrected chi connectivity index (χ3v) is 4.59. The van der Waals surface area contributed by atoms with E-state index in [1.54, 1.807) is 14.0 Å². The van der Waals surface area contributed by atoms with Gasteiger partial charge in [-0.3, -0.25) is 9.78 Å². The summed E-state index contributed by atoms with van der Waals surface area (Å²) in [5, 5.41) is 12.9. The summed E-state index contributed by atoms with van der Waals surface area (Å²) in [5.74, 6) is -0.774. The highest BCUT2D eigenvalue weighted by molar-refractivity contribution is 6.07. The number of carbonyl (C=O) groups excluding carboxylic acids is 1. The molecule has 0 saturated heterocycles. The minimum Gasteiger partial charge on any atom is -0.490 e. The van der Waals surface area contributed by atoms with E-state index < -0.39 is 11.5 Å². The van der Waals surface area contributed by atoms with Crippen LogP contribution in [0.15, 0.2) is 12.1 Å². The number of nitrogen functional groups attached to an aromatic ring is 1. The van der Waals surface area contributed by atoms with Gasteiger partial charge < -0.3 is 25.6 Å². The second kappa shape index (κ2) is 9.09. The van der Waals surface area contributed by atoms with E-state index in [9.17, 15) is 14.7 Å². The summed E-state index contributed by atoms with van der Waals surface area (Å²) in [6.07, 6.45) is 0.925. The lowest BCUT2D eigenvalue weighted by molar-refractivity contribution is -0.123. The van der Waals surface area contributed by atoms with Crippen LogP contribution in [0.5, 0.6) is 5.75 Å². The zero-order valence-corrected chi connectivity index (χ0v) is 17.6. The Labute approximate surface area is 170 Å². The third kappa shape index (κ3) is 5.14. The van der Waals surface area contributed by atoms with Crippen molar-refractivity contribution in [3.05, 3.63) is 29.0 Å². The van der Waals surface area contributed by atoms with Crippen molar-refractivity contribution in [3.63, 3.8) is 0 Å². The predicted molar refractivity (Wildman–Crippen MR) is 111 cm³/mol. The maximum atomic E-state index is 12.0. The summed E-state index contributed by atoms with van der Waals surface area (Å²) >= 11 is 0. The lowest BCUT2D eigenvalue weighted by atomic mass is 10.0. The lowest BCUT2D eigenvalue weighted by Gasteiger charge is -2.27. The van der Waals surface area contributed by atoms with Crippen molar-refractivity contribution in [1.82, 2.24) is 10.3 Å². The number of carboxylic acids is 1. The minimum atomic E-state index is -1.13. The molecule has 0 atom stereocenters. The molecule has 158 valence electrons. The van der Waals surface area contributed by atoms with E-state index in [4.69, 9.17) is 15.2 Å². The summed E-state index contributed by atoms with van der Waals surface area (Å²) in [5.41, 5.74) is 7.49. The summed E-state index contributed by atoms with van der Waals surface area (Å²) in [4.78, 5) is 28.1. The molecular weight excluding hydrogens is 374 g/mol. The van der Waals surface area contributed by atoms with Crippen molar-refractivity contribution in [3.8, 4) is 5.75 Å². The van der Waals surface area contributed by atoms with Gasteiger partial charge in [-0.05, 0) is 38.8 Å². The lowest BCUT2D eigenvalue weighted by Crippen LogP contribution is -2.48. The molecule has 0 bridgehead atoms. The molecule has 1 aromatic heterocycles. The highest BCUT2D eigenvalue weighted by atomic mass is 16.5. The SMILES string of the molecule is CCc1ccc2nc(C)c(C(=O)O)c(N)c2c1OCC(C)(C)NC(=O)CCOC. The summed E-state index contributed by atoms with van der Waals surface area (Å²) in [6, 6.07) is 3.71. The van der Waals surface area contributed by atoms with Gasteiger partial charge in [-0.2, -0.15) is 0 Å². The second-order valence-electron chi connectivity index (χ2n) is 7.56. The number of hydrogen-bond donors (Lipinski definition) is 3. The fraction of sp³-hybridized carbons (Fsp3) is 0.476. The van der Waals surface area contributed by atoms with Gasteiger partial charge in [0.2, 0.25) is 5.91 Å². The predicted octanol–water partition coefficient (Wildman–Crippen LogP) is 2.70. The first kappa shape index (κ1) is 22.4. The number of pyridine rings is 1. The first-order valence-corrected chi connectivity index (χ1v) is 9.49. The molecule has 0 fully saturated rings. The van der Waals surface area contributed by atoms with Crippen LogP contribution in [-0.4, -0.2) is 47.8 Å². The fourth-order valence-electron chi connectivity index (χ4n) is 3.16. The zero-order valence-electron chi connectivity index (χ0n) is 17.6. The zero-order chi connectivity index (χ0) is 21.8. The molecule has 0 unspecified atom stereocenters. The average Bonchev–Trinajstić information content (AvgIpc) is 2.63. The van der Waals surface area contributed by atoms with E-state index in [0.717, 1.165) is 5.56 Å². The number of nitrogens with one attached hydrogen (secondary N) is 1. The van der Waals surface area contributed by atoms with Crippen LogP contribution in [0.3, 0.4) is 0 Å². The number of nitrogens with two attached hydrogens (primary N) is 1. The molecule has 0 spiro atoms. The topological polar surface area (TPSA) is 124 Å². The maximum Gasteiger partial charge on any atom is 0.339 e. The number of methoxy groups -OCH3 is 1. The van der Waals surface area contributed by atoms with Crippen LogP contribution in [0.1, 0.15) is 48.8 Å².